The van der Waals surface area contributed by atoms with E-state index in [-0.39, 0.29) is 18.4 Å². The largest absolute Gasteiger partial charge is 0.348 e. The third kappa shape index (κ3) is 3.36. The number of aromatic nitrogens is 5. The quantitative estimate of drug-likeness (QED) is 0.556. The van der Waals surface area contributed by atoms with Crippen LogP contribution in [0.4, 0.5) is 0 Å². The van der Waals surface area contributed by atoms with Crippen LogP contribution >= 0.6 is 0 Å². The zero-order valence-electron chi connectivity index (χ0n) is 15.7. The van der Waals surface area contributed by atoms with E-state index < -0.39 is 0 Å². The Hall–Kier alpha value is -3.55. The highest BCUT2D eigenvalue weighted by molar-refractivity contribution is 5.83. The third-order valence-electron chi connectivity index (χ3n) is 4.63. The van der Waals surface area contributed by atoms with Gasteiger partial charge in [0.1, 0.15) is 0 Å². The maximum absolute atomic E-state index is 12.5. The molecular formula is C20H20N6O2. The average molecular weight is 376 g/mol. The smallest absolute Gasteiger partial charge is 0.261 e. The molecule has 142 valence electrons. The minimum Gasteiger partial charge on any atom is -0.348 e. The van der Waals surface area contributed by atoms with Crippen molar-refractivity contribution in [1.29, 1.82) is 0 Å². The Kier molecular flexibility index (Phi) is 4.84. The molecule has 0 saturated carbocycles. The lowest BCUT2D eigenvalue weighted by molar-refractivity contribution is -0.122. The molecule has 0 spiro atoms. The summed E-state index contributed by atoms with van der Waals surface area (Å²) in [5, 5.41) is 15.3. The Labute approximate surface area is 161 Å². The van der Waals surface area contributed by atoms with Gasteiger partial charge in [-0.05, 0) is 24.6 Å². The zero-order valence-corrected chi connectivity index (χ0v) is 15.7. The van der Waals surface area contributed by atoms with E-state index in [0.717, 1.165) is 5.56 Å². The second-order valence-corrected chi connectivity index (χ2v) is 6.45. The monoisotopic (exact) mass is 376 g/mol. The highest BCUT2D eigenvalue weighted by atomic mass is 16.5. The molecule has 1 aromatic carbocycles. The fourth-order valence-electron chi connectivity index (χ4n) is 2.97. The molecule has 4 aromatic rings. The molecule has 0 radical (unpaired) electrons. The van der Waals surface area contributed by atoms with Gasteiger partial charge in [0.05, 0.1) is 18.0 Å². The third-order valence-corrected chi connectivity index (χ3v) is 4.63. The number of nitrogens with zero attached hydrogens (tertiary/aromatic N) is 5. The van der Waals surface area contributed by atoms with E-state index in [4.69, 9.17) is 4.52 Å². The fourth-order valence-corrected chi connectivity index (χ4v) is 2.97. The molecule has 0 unspecified atom stereocenters. The van der Waals surface area contributed by atoms with E-state index in [9.17, 15) is 4.79 Å². The van der Waals surface area contributed by atoms with Crippen molar-refractivity contribution in [3.63, 3.8) is 0 Å². The van der Waals surface area contributed by atoms with Gasteiger partial charge in [0.15, 0.2) is 17.3 Å². The molecule has 3 aromatic heterocycles. The van der Waals surface area contributed by atoms with E-state index in [1.54, 1.807) is 0 Å². The van der Waals surface area contributed by atoms with E-state index >= 15 is 0 Å². The highest BCUT2D eigenvalue weighted by Gasteiger charge is 2.18. The van der Waals surface area contributed by atoms with E-state index in [2.05, 4.69) is 25.7 Å². The maximum atomic E-state index is 12.5. The number of carbonyl (C=O) groups excluding carboxylic acids is 1. The highest BCUT2D eigenvalue weighted by Crippen LogP contribution is 2.22. The molecule has 4 rings (SSSR count). The van der Waals surface area contributed by atoms with Crippen molar-refractivity contribution < 1.29 is 9.32 Å². The minimum absolute atomic E-state index is 0.0661. The van der Waals surface area contributed by atoms with Crippen LogP contribution in [0, 0.1) is 0 Å². The summed E-state index contributed by atoms with van der Waals surface area (Å²) in [6.07, 6.45) is 2.54. The first kappa shape index (κ1) is 17.8. The molecule has 1 atom stereocenters. The van der Waals surface area contributed by atoms with Gasteiger partial charge in [0.2, 0.25) is 5.91 Å². The number of hydrogen-bond acceptors (Lipinski definition) is 6. The SMILES string of the molecule is CCc1noc(-c2cccn3c(CNC(=O)[C@@H](C)c4ccccc4)nnc23)n1. The second kappa shape index (κ2) is 7.59. The fraction of sp³-hybridized carbons (Fsp3) is 0.250. The van der Waals surface area contributed by atoms with Crippen LogP contribution in [0.25, 0.3) is 17.1 Å². The maximum Gasteiger partial charge on any atom is 0.261 e. The topological polar surface area (TPSA) is 98.2 Å². The Morgan fingerprint density at radius 1 is 1.18 bits per heavy atom. The zero-order chi connectivity index (χ0) is 19.5. The minimum atomic E-state index is -0.248. The molecule has 8 heteroatoms. The Morgan fingerprint density at radius 2 is 2.00 bits per heavy atom. The van der Waals surface area contributed by atoms with Gasteiger partial charge in [-0.15, -0.1) is 10.2 Å². The number of carbonyl (C=O) groups is 1. The standard InChI is InChI=1S/C20H20N6O2/c1-3-16-22-20(28-25-16)15-10-7-11-26-17(23-24-18(15)26)12-21-19(27)13(2)14-8-5-4-6-9-14/h4-11,13H,3,12H2,1-2H3,(H,21,27)/t13-/m0/s1. The molecule has 1 amide bonds. The lowest BCUT2D eigenvalue weighted by Crippen LogP contribution is -2.28. The van der Waals surface area contributed by atoms with Crippen LogP contribution in [0.5, 0.6) is 0 Å². The summed E-state index contributed by atoms with van der Waals surface area (Å²) in [4.78, 5) is 16.9. The van der Waals surface area contributed by atoms with Crippen molar-refractivity contribution in [3.05, 3.63) is 65.9 Å². The first-order valence-electron chi connectivity index (χ1n) is 9.15. The summed E-state index contributed by atoms with van der Waals surface area (Å²) in [7, 11) is 0. The van der Waals surface area contributed by atoms with Crippen molar-refractivity contribution in [3.8, 4) is 11.5 Å². The van der Waals surface area contributed by atoms with Gasteiger partial charge in [-0.3, -0.25) is 9.20 Å². The molecule has 8 nitrogen and oxygen atoms in total. The van der Waals surface area contributed by atoms with Crippen molar-refractivity contribution in [1.82, 2.24) is 30.1 Å². The van der Waals surface area contributed by atoms with Crippen LogP contribution in [-0.2, 0) is 17.8 Å². The number of aryl methyl sites for hydroxylation is 1. The van der Waals surface area contributed by atoms with Gasteiger partial charge in [-0.25, -0.2) is 0 Å². The summed E-state index contributed by atoms with van der Waals surface area (Å²) < 4.78 is 7.14. The molecule has 3 heterocycles. The molecule has 0 aliphatic heterocycles. The molecule has 28 heavy (non-hydrogen) atoms. The van der Waals surface area contributed by atoms with Crippen molar-refractivity contribution in [2.75, 3.05) is 0 Å². The lowest BCUT2D eigenvalue weighted by atomic mass is 10.0. The summed E-state index contributed by atoms with van der Waals surface area (Å²) in [6.45, 7) is 4.11. The molecular weight excluding hydrogens is 356 g/mol. The first-order valence-corrected chi connectivity index (χ1v) is 9.15. The first-order chi connectivity index (χ1) is 13.7. The average Bonchev–Trinajstić information content (AvgIpc) is 3.39. The van der Waals surface area contributed by atoms with Crippen LogP contribution < -0.4 is 5.32 Å². The number of benzene rings is 1. The summed E-state index contributed by atoms with van der Waals surface area (Å²) in [5.74, 6) is 1.35. The number of pyridine rings is 1. The summed E-state index contributed by atoms with van der Waals surface area (Å²) >= 11 is 0. The Bertz CT molecular complexity index is 1100. The molecule has 1 N–H and O–H groups in total. The van der Waals surface area contributed by atoms with Crippen LogP contribution in [0.1, 0.15) is 37.0 Å². The van der Waals surface area contributed by atoms with E-state index in [1.165, 1.54) is 0 Å². The number of hydrogen-bond donors (Lipinski definition) is 1. The lowest BCUT2D eigenvalue weighted by Gasteiger charge is -2.12. The predicted octanol–water partition coefficient (Wildman–Crippen LogP) is 2.76. The number of rotatable bonds is 6. The van der Waals surface area contributed by atoms with E-state index in [1.807, 2.05) is 66.9 Å². The van der Waals surface area contributed by atoms with Gasteiger partial charge in [0.25, 0.3) is 5.89 Å². The molecule has 0 saturated heterocycles. The predicted molar refractivity (Wildman–Crippen MR) is 102 cm³/mol. The van der Waals surface area contributed by atoms with Gasteiger partial charge in [0, 0.05) is 12.6 Å². The molecule has 0 bridgehead atoms. The van der Waals surface area contributed by atoms with Crippen LogP contribution in [0.15, 0.2) is 53.2 Å². The van der Waals surface area contributed by atoms with Gasteiger partial charge >= 0.3 is 0 Å². The van der Waals surface area contributed by atoms with Crippen molar-refractivity contribution in [2.45, 2.75) is 32.7 Å². The molecule has 0 aliphatic rings. The number of nitrogens with one attached hydrogen (secondary N) is 1. The Morgan fingerprint density at radius 3 is 2.75 bits per heavy atom. The van der Waals surface area contributed by atoms with Crippen molar-refractivity contribution in [2.24, 2.45) is 0 Å². The second-order valence-electron chi connectivity index (χ2n) is 6.45. The Balaban J connectivity index is 1.54. The number of fused-ring (bicyclic) bond motifs is 1. The number of amides is 1. The van der Waals surface area contributed by atoms with Crippen LogP contribution in [0.2, 0.25) is 0 Å². The van der Waals surface area contributed by atoms with Gasteiger partial charge in [-0.1, -0.05) is 42.4 Å². The molecule has 0 aliphatic carbocycles. The van der Waals surface area contributed by atoms with Crippen LogP contribution in [-0.4, -0.2) is 30.6 Å². The summed E-state index contributed by atoms with van der Waals surface area (Å²) in [6, 6.07) is 13.4. The van der Waals surface area contributed by atoms with Crippen LogP contribution in [0.3, 0.4) is 0 Å². The molecule has 0 fully saturated rings. The normalized spacial score (nSPS) is 12.2. The van der Waals surface area contributed by atoms with Gasteiger partial charge < -0.3 is 9.84 Å². The van der Waals surface area contributed by atoms with E-state index in [0.29, 0.717) is 35.2 Å². The summed E-state index contributed by atoms with van der Waals surface area (Å²) in [5.41, 5.74) is 2.28. The van der Waals surface area contributed by atoms with Gasteiger partial charge in [-0.2, -0.15) is 4.98 Å². The van der Waals surface area contributed by atoms with Crippen molar-refractivity contribution >= 4 is 11.6 Å².